The van der Waals surface area contributed by atoms with E-state index in [1.165, 1.54) is 12.1 Å². The molecule has 2 heterocycles. The zero-order valence-corrected chi connectivity index (χ0v) is 19.7. The fourth-order valence-corrected chi connectivity index (χ4v) is 5.88. The summed E-state index contributed by atoms with van der Waals surface area (Å²) in [6, 6.07) is 13.5. The first-order valence-corrected chi connectivity index (χ1v) is 12.6. The van der Waals surface area contributed by atoms with Crippen LogP contribution >= 0.6 is 0 Å². The number of sulfonamides is 1. The van der Waals surface area contributed by atoms with Crippen molar-refractivity contribution in [3.05, 3.63) is 76.6 Å². The Morgan fingerprint density at radius 2 is 1.73 bits per heavy atom. The van der Waals surface area contributed by atoms with Crippen LogP contribution in [0.4, 0.5) is 4.39 Å². The third kappa shape index (κ3) is 5.00. The highest BCUT2D eigenvalue weighted by molar-refractivity contribution is 8.00. The van der Waals surface area contributed by atoms with Gasteiger partial charge in [0.2, 0.25) is 5.91 Å². The Kier molecular flexibility index (Phi) is 6.65. The summed E-state index contributed by atoms with van der Waals surface area (Å²) >= 11 is 0. The van der Waals surface area contributed by atoms with Crippen molar-refractivity contribution in [2.24, 2.45) is 10.3 Å². The van der Waals surface area contributed by atoms with E-state index in [4.69, 9.17) is 0 Å². The van der Waals surface area contributed by atoms with E-state index in [2.05, 4.69) is 9.71 Å². The molecule has 0 aliphatic carbocycles. The van der Waals surface area contributed by atoms with E-state index in [-0.39, 0.29) is 17.6 Å². The second-order valence-electron chi connectivity index (χ2n) is 8.52. The molecule has 174 valence electrons. The number of hydrogen-bond donors (Lipinski definition) is 1. The molecule has 2 aliphatic heterocycles. The normalized spacial score (nSPS) is 18.4. The molecule has 1 N–H and O–H groups in total. The van der Waals surface area contributed by atoms with Gasteiger partial charge in [-0.25, -0.2) is 4.39 Å². The van der Waals surface area contributed by atoms with Crippen LogP contribution in [0.15, 0.2) is 58.5 Å². The van der Waals surface area contributed by atoms with E-state index in [0.29, 0.717) is 55.2 Å². The van der Waals surface area contributed by atoms with E-state index in [1.807, 2.05) is 43.0 Å². The Balaban J connectivity index is 1.43. The molecular weight excluding hydrogens is 441 g/mol. The van der Waals surface area contributed by atoms with Gasteiger partial charge in [0.1, 0.15) is 16.6 Å². The monoisotopic (exact) mass is 469 g/mol. The molecule has 6 nitrogen and oxygen atoms in total. The maximum atomic E-state index is 13.0. The van der Waals surface area contributed by atoms with Crippen molar-refractivity contribution in [2.45, 2.75) is 39.7 Å². The molecule has 0 aromatic heterocycles. The van der Waals surface area contributed by atoms with Gasteiger partial charge in [-0.15, -0.1) is 4.40 Å². The standard InChI is InChI=1S/C25H28FN3O3S/c1-3-22-23(19-8-4-17(2)5-9-19)33(31,32)28-24(22)29-14-12-20(13-15-29)25(30)27-16-18-6-10-21(26)11-7-18/h4-11,20H,3,12-16H2,1-2H3,(H,27,30). The van der Waals surface area contributed by atoms with Crippen molar-refractivity contribution in [1.82, 2.24) is 10.2 Å². The van der Waals surface area contributed by atoms with Crippen LogP contribution in [0.1, 0.15) is 42.9 Å². The minimum atomic E-state index is -3.77. The van der Waals surface area contributed by atoms with E-state index >= 15 is 0 Å². The van der Waals surface area contributed by atoms with Crippen molar-refractivity contribution >= 4 is 26.7 Å². The predicted molar refractivity (Wildman–Crippen MR) is 127 cm³/mol. The Labute approximate surface area is 194 Å². The van der Waals surface area contributed by atoms with Gasteiger partial charge in [0.15, 0.2) is 0 Å². The lowest BCUT2D eigenvalue weighted by atomic mass is 9.94. The SMILES string of the molecule is CCC1=C(c2ccc(C)cc2)S(=O)(=O)N=C1N1CCC(C(=O)NCc2ccc(F)cc2)CC1. The summed E-state index contributed by atoms with van der Waals surface area (Å²) in [5, 5.41) is 2.92. The third-order valence-electron chi connectivity index (χ3n) is 6.22. The number of halogens is 1. The van der Waals surface area contributed by atoms with E-state index in [0.717, 1.165) is 16.7 Å². The number of likely N-dealkylation sites (tertiary alicyclic amines) is 1. The van der Waals surface area contributed by atoms with Crippen LogP contribution in [0.25, 0.3) is 4.91 Å². The molecule has 1 saturated heterocycles. The molecule has 2 aromatic carbocycles. The number of carbonyl (C=O) groups is 1. The highest BCUT2D eigenvalue weighted by Crippen LogP contribution is 2.36. The first-order chi connectivity index (χ1) is 15.8. The number of nitrogens with zero attached hydrogens (tertiary/aromatic N) is 2. The number of amidine groups is 1. The average molecular weight is 470 g/mol. The van der Waals surface area contributed by atoms with Crippen LogP contribution < -0.4 is 5.32 Å². The fourth-order valence-electron chi connectivity index (χ4n) is 4.36. The number of benzene rings is 2. The largest absolute Gasteiger partial charge is 0.356 e. The molecule has 0 spiro atoms. The van der Waals surface area contributed by atoms with Gasteiger partial charge < -0.3 is 10.2 Å². The van der Waals surface area contributed by atoms with Gasteiger partial charge in [-0.2, -0.15) is 8.42 Å². The first-order valence-electron chi connectivity index (χ1n) is 11.2. The first kappa shape index (κ1) is 23.2. The zero-order chi connectivity index (χ0) is 23.6. The molecule has 2 aromatic rings. The van der Waals surface area contributed by atoms with Crippen LogP contribution in [0.5, 0.6) is 0 Å². The van der Waals surface area contributed by atoms with Crippen molar-refractivity contribution in [3.8, 4) is 0 Å². The fraction of sp³-hybridized carbons (Fsp3) is 0.360. The van der Waals surface area contributed by atoms with Gasteiger partial charge in [0.25, 0.3) is 10.0 Å². The minimum Gasteiger partial charge on any atom is -0.356 e. The number of carbonyl (C=O) groups excluding carboxylic acids is 1. The summed E-state index contributed by atoms with van der Waals surface area (Å²) in [5.74, 6) is 0.0241. The van der Waals surface area contributed by atoms with Gasteiger partial charge in [0.05, 0.1) is 0 Å². The van der Waals surface area contributed by atoms with Gasteiger partial charge >= 0.3 is 0 Å². The van der Waals surface area contributed by atoms with Crippen molar-refractivity contribution in [3.63, 3.8) is 0 Å². The Hall–Kier alpha value is -3.00. The summed E-state index contributed by atoms with van der Waals surface area (Å²) in [6.07, 6.45) is 1.79. The maximum Gasteiger partial charge on any atom is 0.285 e. The highest BCUT2D eigenvalue weighted by atomic mass is 32.2. The quantitative estimate of drug-likeness (QED) is 0.717. The van der Waals surface area contributed by atoms with Gasteiger partial charge in [-0.05, 0) is 49.4 Å². The number of aryl methyl sites for hydroxylation is 1. The van der Waals surface area contributed by atoms with E-state index in [9.17, 15) is 17.6 Å². The Bertz CT molecular complexity index is 1190. The second kappa shape index (κ2) is 9.47. The molecule has 2 aliphatic rings. The van der Waals surface area contributed by atoms with E-state index in [1.54, 1.807) is 12.1 Å². The topological polar surface area (TPSA) is 78.8 Å². The number of hydrogen-bond acceptors (Lipinski definition) is 4. The summed E-state index contributed by atoms with van der Waals surface area (Å²) in [7, 11) is -3.77. The van der Waals surface area contributed by atoms with Crippen molar-refractivity contribution in [2.75, 3.05) is 13.1 Å². The molecule has 0 saturated carbocycles. The van der Waals surface area contributed by atoms with E-state index < -0.39 is 10.0 Å². The molecule has 0 atom stereocenters. The van der Waals surface area contributed by atoms with Gasteiger partial charge in [-0.1, -0.05) is 48.9 Å². The molecule has 1 fully saturated rings. The summed E-state index contributed by atoms with van der Waals surface area (Å²) in [5.41, 5.74) is 3.30. The molecule has 1 amide bonds. The Morgan fingerprint density at radius 1 is 1.09 bits per heavy atom. The van der Waals surface area contributed by atoms with Crippen LogP contribution in [0.2, 0.25) is 0 Å². The molecule has 0 radical (unpaired) electrons. The molecule has 8 heteroatoms. The van der Waals surface area contributed by atoms with Crippen LogP contribution in [-0.2, 0) is 21.4 Å². The molecular formula is C25H28FN3O3S. The van der Waals surface area contributed by atoms with Crippen molar-refractivity contribution < 1.29 is 17.6 Å². The molecule has 0 bridgehead atoms. The lowest BCUT2D eigenvalue weighted by molar-refractivity contribution is -0.126. The van der Waals surface area contributed by atoms with Gasteiger partial charge in [0, 0.05) is 31.1 Å². The third-order valence-corrected chi connectivity index (χ3v) is 7.63. The highest BCUT2D eigenvalue weighted by Gasteiger charge is 2.36. The number of nitrogens with one attached hydrogen (secondary N) is 1. The molecule has 33 heavy (non-hydrogen) atoms. The van der Waals surface area contributed by atoms with Crippen LogP contribution in [-0.4, -0.2) is 38.2 Å². The summed E-state index contributed by atoms with van der Waals surface area (Å²) in [6.45, 7) is 5.38. The number of rotatable bonds is 5. The number of piperidine rings is 1. The minimum absolute atomic E-state index is 0.0356. The predicted octanol–water partition coefficient (Wildman–Crippen LogP) is 4.03. The smallest absolute Gasteiger partial charge is 0.285 e. The van der Waals surface area contributed by atoms with Crippen LogP contribution in [0.3, 0.4) is 0 Å². The van der Waals surface area contributed by atoms with Gasteiger partial charge in [-0.3, -0.25) is 4.79 Å². The zero-order valence-electron chi connectivity index (χ0n) is 18.8. The molecule has 0 unspecified atom stereocenters. The lowest BCUT2D eigenvalue weighted by Gasteiger charge is -2.33. The average Bonchev–Trinajstić information content (AvgIpc) is 3.09. The molecule has 4 rings (SSSR count). The maximum absolute atomic E-state index is 13.0. The summed E-state index contributed by atoms with van der Waals surface area (Å²) < 4.78 is 43.0. The second-order valence-corrected chi connectivity index (χ2v) is 10.1. The lowest BCUT2D eigenvalue weighted by Crippen LogP contribution is -2.43. The van der Waals surface area contributed by atoms with Crippen molar-refractivity contribution in [1.29, 1.82) is 0 Å². The van der Waals surface area contributed by atoms with Crippen LogP contribution in [0, 0.1) is 18.7 Å². The number of amides is 1. The summed E-state index contributed by atoms with van der Waals surface area (Å²) in [4.78, 5) is 14.9. The Morgan fingerprint density at radius 3 is 2.33 bits per heavy atom.